The number of rotatable bonds is 8. The van der Waals surface area contributed by atoms with Crippen molar-refractivity contribution >= 4 is 11.6 Å². The van der Waals surface area contributed by atoms with Gasteiger partial charge in [-0.25, -0.2) is 0 Å². The number of halogens is 1. The number of aryl methyl sites for hydroxylation is 1. The molecule has 0 spiro atoms. The summed E-state index contributed by atoms with van der Waals surface area (Å²) in [7, 11) is 0. The normalized spacial score (nSPS) is 10.4. The quantitative estimate of drug-likeness (QED) is 0.646. The van der Waals surface area contributed by atoms with Gasteiger partial charge in [-0.15, -0.1) is 0 Å². The van der Waals surface area contributed by atoms with Crippen LogP contribution in [-0.4, -0.2) is 18.0 Å². The van der Waals surface area contributed by atoms with Crippen molar-refractivity contribution < 1.29 is 0 Å². The Hall–Kier alpha value is -0.950. The van der Waals surface area contributed by atoms with E-state index in [0.717, 1.165) is 31.0 Å². The summed E-state index contributed by atoms with van der Waals surface area (Å²) in [5.41, 5.74) is 2.59. The molecule has 0 saturated carbocycles. The predicted molar refractivity (Wildman–Crippen MR) is 81.1 cm³/mol. The van der Waals surface area contributed by atoms with Gasteiger partial charge in [-0.2, -0.15) is 0 Å². The van der Waals surface area contributed by atoms with Crippen LogP contribution in [-0.2, 0) is 6.42 Å². The standard InChI is InChI=1S/C16H24ClN/c1-4-12-18(13-5-2)14(3)6-7-15-8-10-16(17)11-9-15/h8-11H,3-7,12-13H2,1-2H3. The highest BCUT2D eigenvalue weighted by Crippen LogP contribution is 2.15. The average Bonchev–Trinajstić information content (AvgIpc) is 2.37. The minimum absolute atomic E-state index is 0.802. The summed E-state index contributed by atoms with van der Waals surface area (Å²) in [6.07, 6.45) is 4.43. The van der Waals surface area contributed by atoms with Crippen molar-refractivity contribution in [2.45, 2.75) is 39.5 Å². The van der Waals surface area contributed by atoms with E-state index in [9.17, 15) is 0 Å². The van der Waals surface area contributed by atoms with Crippen LogP contribution in [0.25, 0.3) is 0 Å². The third-order valence-electron chi connectivity index (χ3n) is 3.05. The van der Waals surface area contributed by atoms with Crippen molar-refractivity contribution in [1.29, 1.82) is 0 Å². The third-order valence-corrected chi connectivity index (χ3v) is 3.30. The zero-order valence-corrected chi connectivity index (χ0v) is 12.3. The lowest BCUT2D eigenvalue weighted by Gasteiger charge is -2.26. The lowest BCUT2D eigenvalue weighted by atomic mass is 10.1. The van der Waals surface area contributed by atoms with E-state index in [4.69, 9.17) is 11.6 Å². The predicted octanol–water partition coefficient (Wildman–Crippen LogP) is 4.91. The average molecular weight is 266 g/mol. The first-order chi connectivity index (χ1) is 8.67. The van der Waals surface area contributed by atoms with Gasteiger partial charge < -0.3 is 4.90 Å². The number of benzene rings is 1. The summed E-state index contributed by atoms with van der Waals surface area (Å²) in [5, 5.41) is 0.802. The Labute approximate surface area is 116 Å². The van der Waals surface area contributed by atoms with Gasteiger partial charge >= 0.3 is 0 Å². The number of allylic oxidation sites excluding steroid dienone is 1. The van der Waals surface area contributed by atoms with E-state index in [0.29, 0.717) is 0 Å². The van der Waals surface area contributed by atoms with Crippen LogP contribution in [0, 0.1) is 0 Å². The molecular weight excluding hydrogens is 242 g/mol. The minimum atomic E-state index is 0.802. The van der Waals surface area contributed by atoms with Crippen molar-refractivity contribution in [2.75, 3.05) is 13.1 Å². The summed E-state index contributed by atoms with van der Waals surface area (Å²) in [4.78, 5) is 2.41. The molecule has 1 aromatic rings. The Kier molecular flexibility index (Phi) is 6.89. The second-order valence-corrected chi connectivity index (χ2v) is 5.12. The van der Waals surface area contributed by atoms with Crippen molar-refractivity contribution in [2.24, 2.45) is 0 Å². The van der Waals surface area contributed by atoms with Crippen molar-refractivity contribution in [3.8, 4) is 0 Å². The van der Waals surface area contributed by atoms with Crippen LogP contribution in [0.4, 0.5) is 0 Å². The molecular formula is C16H24ClN. The highest BCUT2D eigenvalue weighted by atomic mass is 35.5. The van der Waals surface area contributed by atoms with Gasteiger partial charge in [0.2, 0.25) is 0 Å². The molecule has 0 bridgehead atoms. The Bertz CT molecular complexity index is 350. The lowest BCUT2D eigenvalue weighted by Crippen LogP contribution is -2.24. The van der Waals surface area contributed by atoms with Crippen molar-refractivity contribution in [1.82, 2.24) is 4.90 Å². The van der Waals surface area contributed by atoms with E-state index in [1.165, 1.54) is 24.1 Å². The summed E-state index contributed by atoms with van der Waals surface area (Å²) in [6.45, 7) is 10.9. The minimum Gasteiger partial charge on any atom is -0.375 e. The van der Waals surface area contributed by atoms with Crippen LogP contribution < -0.4 is 0 Å². The Morgan fingerprint density at radius 2 is 1.67 bits per heavy atom. The van der Waals surface area contributed by atoms with Crippen LogP contribution in [0.1, 0.15) is 38.7 Å². The van der Waals surface area contributed by atoms with Crippen LogP contribution in [0.2, 0.25) is 5.02 Å². The molecule has 0 aliphatic heterocycles. The topological polar surface area (TPSA) is 3.24 Å². The fraction of sp³-hybridized carbons (Fsp3) is 0.500. The maximum absolute atomic E-state index is 5.88. The fourth-order valence-corrected chi connectivity index (χ4v) is 2.19. The second-order valence-electron chi connectivity index (χ2n) is 4.68. The van der Waals surface area contributed by atoms with E-state index in [1.54, 1.807) is 0 Å². The fourth-order valence-electron chi connectivity index (χ4n) is 2.07. The maximum Gasteiger partial charge on any atom is 0.0406 e. The highest BCUT2D eigenvalue weighted by molar-refractivity contribution is 6.30. The molecule has 1 rings (SSSR count). The second kappa shape index (κ2) is 8.20. The van der Waals surface area contributed by atoms with Crippen molar-refractivity contribution in [3.63, 3.8) is 0 Å². The van der Waals surface area contributed by atoms with Gasteiger partial charge in [0.15, 0.2) is 0 Å². The first-order valence-corrected chi connectivity index (χ1v) is 7.22. The molecule has 0 amide bonds. The summed E-state index contributed by atoms with van der Waals surface area (Å²) in [6, 6.07) is 8.10. The first kappa shape index (κ1) is 15.1. The van der Waals surface area contributed by atoms with Gasteiger partial charge in [-0.3, -0.25) is 0 Å². The van der Waals surface area contributed by atoms with Gasteiger partial charge in [-0.1, -0.05) is 44.2 Å². The molecule has 0 unspecified atom stereocenters. The highest BCUT2D eigenvalue weighted by Gasteiger charge is 2.05. The van der Waals surface area contributed by atoms with Crippen LogP contribution in [0.15, 0.2) is 36.5 Å². The van der Waals surface area contributed by atoms with E-state index < -0.39 is 0 Å². The zero-order chi connectivity index (χ0) is 13.4. The molecule has 0 heterocycles. The molecule has 0 N–H and O–H groups in total. The van der Waals surface area contributed by atoms with Gasteiger partial charge in [0.1, 0.15) is 0 Å². The number of hydrogen-bond acceptors (Lipinski definition) is 1. The maximum atomic E-state index is 5.88. The SMILES string of the molecule is C=C(CCc1ccc(Cl)cc1)N(CCC)CCC. The molecule has 18 heavy (non-hydrogen) atoms. The van der Waals surface area contributed by atoms with Gasteiger partial charge in [-0.05, 0) is 43.4 Å². The van der Waals surface area contributed by atoms with E-state index >= 15 is 0 Å². The number of hydrogen-bond donors (Lipinski definition) is 0. The molecule has 0 atom stereocenters. The Morgan fingerprint density at radius 1 is 1.11 bits per heavy atom. The third kappa shape index (κ3) is 5.14. The van der Waals surface area contributed by atoms with E-state index in [2.05, 4.69) is 37.5 Å². The molecule has 1 nitrogen and oxygen atoms in total. The first-order valence-electron chi connectivity index (χ1n) is 6.84. The van der Waals surface area contributed by atoms with E-state index in [1.807, 2.05) is 12.1 Å². The molecule has 0 fully saturated rings. The van der Waals surface area contributed by atoms with E-state index in [-0.39, 0.29) is 0 Å². The molecule has 100 valence electrons. The summed E-state index contributed by atoms with van der Waals surface area (Å²) in [5.74, 6) is 0. The van der Waals surface area contributed by atoms with Gasteiger partial charge in [0, 0.05) is 23.8 Å². The zero-order valence-electron chi connectivity index (χ0n) is 11.6. The largest absolute Gasteiger partial charge is 0.375 e. The molecule has 2 heteroatoms. The van der Waals surface area contributed by atoms with Gasteiger partial charge in [0.05, 0.1) is 0 Å². The number of nitrogens with zero attached hydrogens (tertiary/aromatic N) is 1. The Morgan fingerprint density at radius 3 is 2.17 bits per heavy atom. The molecule has 0 saturated heterocycles. The Balaban J connectivity index is 2.45. The lowest BCUT2D eigenvalue weighted by molar-refractivity contribution is 0.334. The molecule has 0 aliphatic rings. The van der Waals surface area contributed by atoms with Gasteiger partial charge in [0.25, 0.3) is 0 Å². The summed E-state index contributed by atoms with van der Waals surface area (Å²) < 4.78 is 0. The molecule has 0 radical (unpaired) electrons. The molecule has 1 aromatic carbocycles. The van der Waals surface area contributed by atoms with Crippen LogP contribution in [0.5, 0.6) is 0 Å². The molecule has 0 aromatic heterocycles. The van der Waals surface area contributed by atoms with Crippen molar-refractivity contribution in [3.05, 3.63) is 47.1 Å². The van der Waals surface area contributed by atoms with Crippen LogP contribution in [0.3, 0.4) is 0 Å². The monoisotopic (exact) mass is 265 g/mol. The van der Waals surface area contributed by atoms with Crippen LogP contribution >= 0.6 is 11.6 Å². The smallest absolute Gasteiger partial charge is 0.0406 e. The molecule has 0 aliphatic carbocycles. The summed E-state index contributed by atoms with van der Waals surface area (Å²) >= 11 is 5.88.